The van der Waals surface area contributed by atoms with E-state index in [0.717, 1.165) is 22.4 Å². The van der Waals surface area contributed by atoms with Gasteiger partial charge in [0.1, 0.15) is 4.83 Å². The van der Waals surface area contributed by atoms with Crippen LogP contribution < -0.4 is 5.32 Å². The lowest BCUT2D eigenvalue weighted by Gasteiger charge is -2.15. The molecule has 26 heavy (non-hydrogen) atoms. The quantitative estimate of drug-likeness (QED) is 0.705. The van der Waals surface area contributed by atoms with E-state index in [0.29, 0.717) is 17.8 Å². The summed E-state index contributed by atoms with van der Waals surface area (Å²) < 4.78 is 42.1. The molecule has 3 aromatic heterocycles. The number of hydrogen-bond acceptors (Lipinski definition) is 4. The summed E-state index contributed by atoms with van der Waals surface area (Å²) in [6, 6.07) is 3.26. The van der Waals surface area contributed by atoms with Crippen LogP contribution in [0.2, 0.25) is 0 Å². The van der Waals surface area contributed by atoms with Gasteiger partial charge in [-0.05, 0) is 25.0 Å². The molecular weight excluding hydrogens is 367 g/mol. The van der Waals surface area contributed by atoms with E-state index in [4.69, 9.17) is 0 Å². The molecule has 0 spiro atoms. The number of aromatic nitrogens is 4. The first-order chi connectivity index (χ1) is 12.3. The van der Waals surface area contributed by atoms with E-state index in [9.17, 15) is 18.0 Å². The van der Waals surface area contributed by atoms with Crippen molar-refractivity contribution in [3.05, 3.63) is 35.1 Å². The van der Waals surface area contributed by atoms with Gasteiger partial charge in [-0.2, -0.15) is 23.4 Å². The number of halogens is 3. The fraction of sp³-hybridized carbons (Fsp3) is 0.438. The van der Waals surface area contributed by atoms with E-state index in [1.807, 2.05) is 23.9 Å². The molecule has 0 aliphatic heterocycles. The number of hydrogen-bond donors (Lipinski definition) is 1. The molecule has 0 saturated carbocycles. The van der Waals surface area contributed by atoms with Gasteiger partial charge >= 0.3 is 6.18 Å². The van der Waals surface area contributed by atoms with E-state index in [2.05, 4.69) is 15.5 Å². The number of alkyl halides is 3. The molecule has 3 aromatic rings. The lowest BCUT2D eigenvalue weighted by molar-refractivity contribution is -0.140. The largest absolute Gasteiger partial charge is 0.435 e. The maximum Gasteiger partial charge on any atom is 0.435 e. The summed E-state index contributed by atoms with van der Waals surface area (Å²) in [5, 5.41) is 10.4. The smallest absolute Gasteiger partial charge is 0.351 e. The van der Waals surface area contributed by atoms with Crippen LogP contribution in [0.5, 0.6) is 0 Å². The van der Waals surface area contributed by atoms with Gasteiger partial charge in [0.25, 0.3) is 5.91 Å². The monoisotopic (exact) mass is 385 g/mol. The molecule has 140 valence electrons. The van der Waals surface area contributed by atoms with Crippen LogP contribution in [0.25, 0.3) is 10.2 Å². The van der Waals surface area contributed by atoms with Crippen LogP contribution in [-0.2, 0) is 13.2 Å². The molecule has 0 bridgehead atoms. The summed E-state index contributed by atoms with van der Waals surface area (Å²) in [6.45, 7) is 2.45. The molecule has 1 atom stereocenters. The minimum absolute atomic E-state index is 0.0434. The zero-order chi connectivity index (χ0) is 18.9. The van der Waals surface area contributed by atoms with Gasteiger partial charge < -0.3 is 5.32 Å². The fourth-order valence-corrected chi connectivity index (χ4v) is 3.81. The van der Waals surface area contributed by atoms with Crippen molar-refractivity contribution in [2.24, 2.45) is 7.05 Å². The molecule has 3 heterocycles. The average molecular weight is 385 g/mol. The second kappa shape index (κ2) is 7.10. The third-order valence-corrected chi connectivity index (χ3v) is 5.34. The standard InChI is InChI=1S/C16H18F3N5OS/c1-3-10(24-8-4-6-21-24)5-7-20-14(25)12-9-11-13(16(17,18)19)22-23(2)15(11)26-12/h4,6,8-10H,3,5,7H2,1-2H3,(H,20,25)/t10-/m1/s1. The van der Waals surface area contributed by atoms with Crippen LogP contribution in [0.15, 0.2) is 24.5 Å². The molecule has 0 radical (unpaired) electrons. The molecule has 0 aromatic carbocycles. The van der Waals surface area contributed by atoms with Crippen LogP contribution in [0, 0.1) is 0 Å². The zero-order valence-electron chi connectivity index (χ0n) is 14.2. The highest BCUT2D eigenvalue weighted by Gasteiger charge is 2.37. The molecule has 0 aliphatic rings. The van der Waals surface area contributed by atoms with Crippen LogP contribution in [-0.4, -0.2) is 32.0 Å². The normalized spacial score (nSPS) is 13.3. The second-order valence-corrected chi connectivity index (χ2v) is 6.92. The zero-order valence-corrected chi connectivity index (χ0v) is 15.1. The number of carbonyl (C=O) groups excluding carboxylic acids is 1. The molecule has 6 nitrogen and oxygen atoms in total. The molecule has 3 rings (SSSR count). The number of fused-ring (bicyclic) bond motifs is 1. The van der Waals surface area contributed by atoms with Gasteiger partial charge in [0, 0.05) is 31.4 Å². The third-order valence-electron chi connectivity index (χ3n) is 4.14. The Kier molecular flexibility index (Phi) is 5.03. The molecule has 1 amide bonds. The number of nitrogens with one attached hydrogen (secondary N) is 1. The molecule has 0 saturated heterocycles. The Morgan fingerprint density at radius 3 is 2.81 bits per heavy atom. The molecule has 0 aliphatic carbocycles. The lowest BCUT2D eigenvalue weighted by atomic mass is 10.1. The van der Waals surface area contributed by atoms with E-state index >= 15 is 0 Å². The Hall–Kier alpha value is -2.36. The third kappa shape index (κ3) is 3.59. The first-order valence-electron chi connectivity index (χ1n) is 8.12. The minimum atomic E-state index is -4.55. The number of carbonyl (C=O) groups is 1. The first-order valence-corrected chi connectivity index (χ1v) is 8.94. The number of aryl methyl sites for hydroxylation is 1. The molecular formula is C16H18F3N5OS. The number of nitrogens with zero attached hydrogens (tertiary/aromatic N) is 4. The van der Waals surface area contributed by atoms with Crippen molar-refractivity contribution in [1.82, 2.24) is 24.9 Å². The summed E-state index contributed by atoms with van der Waals surface area (Å²) in [5.41, 5.74) is -0.963. The number of rotatable bonds is 6. The van der Waals surface area contributed by atoms with Gasteiger partial charge in [0.05, 0.1) is 10.9 Å². The Morgan fingerprint density at radius 1 is 1.42 bits per heavy atom. The van der Waals surface area contributed by atoms with Crippen molar-refractivity contribution < 1.29 is 18.0 Å². The van der Waals surface area contributed by atoms with E-state index < -0.39 is 11.9 Å². The Labute approximate surface area is 151 Å². The summed E-state index contributed by atoms with van der Waals surface area (Å²) in [5.74, 6) is -0.380. The maximum atomic E-state index is 13.0. The molecule has 1 N–H and O–H groups in total. The van der Waals surface area contributed by atoms with E-state index in [1.54, 1.807) is 6.20 Å². The molecule has 0 unspecified atom stereocenters. The SMILES string of the molecule is CC[C@H](CCNC(=O)c1cc2c(C(F)(F)F)nn(C)c2s1)n1cccn1. The lowest BCUT2D eigenvalue weighted by Crippen LogP contribution is -2.26. The van der Waals surface area contributed by atoms with Crippen molar-refractivity contribution in [2.75, 3.05) is 6.54 Å². The van der Waals surface area contributed by atoms with E-state index in [1.165, 1.54) is 13.1 Å². The molecule has 10 heteroatoms. The predicted molar refractivity (Wildman–Crippen MR) is 92.1 cm³/mol. The van der Waals surface area contributed by atoms with Gasteiger partial charge in [-0.15, -0.1) is 11.3 Å². The summed E-state index contributed by atoms with van der Waals surface area (Å²) in [7, 11) is 1.44. The highest BCUT2D eigenvalue weighted by atomic mass is 32.1. The highest BCUT2D eigenvalue weighted by molar-refractivity contribution is 7.20. The van der Waals surface area contributed by atoms with Crippen LogP contribution in [0.4, 0.5) is 13.2 Å². The second-order valence-electron chi connectivity index (χ2n) is 5.89. The van der Waals surface area contributed by atoms with Gasteiger partial charge in [-0.25, -0.2) is 0 Å². The predicted octanol–water partition coefficient (Wildman–Crippen LogP) is 3.62. The van der Waals surface area contributed by atoms with Gasteiger partial charge in [-0.1, -0.05) is 6.92 Å². The van der Waals surface area contributed by atoms with Crippen LogP contribution in [0.3, 0.4) is 0 Å². The Balaban J connectivity index is 1.68. The van der Waals surface area contributed by atoms with Crippen molar-refractivity contribution in [1.29, 1.82) is 0 Å². The van der Waals surface area contributed by atoms with Gasteiger partial charge in [-0.3, -0.25) is 14.2 Å². The first kappa shape index (κ1) is 18.4. The van der Waals surface area contributed by atoms with Gasteiger partial charge in [0.2, 0.25) is 0 Å². The fourth-order valence-electron chi connectivity index (χ4n) is 2.82. The Morgan fingerprint density at radius 2 is 2.19 bits per heavy atom. The average Bonchev–Trinajstić information content (AvgIpc) is 3.28. The minimum Gasteiger partial charge on any atom is -0.351 e. The number of thiophene rings is 1. The van der Waals surface area contributed by atoms with Crippen LogP contribution >= 0.6 is 11.3 Å². The topological polar surface area (TPSA) is 64.7 Å². The summed E-state index contributed by atoms with van der Waals surface area (Å²) in [4.78, 5) is 12.9. The van der Waals surface area contributed by atoms with E-state index in [-0.39, 0.29) is 22.2 Å². The molecule has 0 fully saturated rings. The Bertz CT molecular complexity index is 897. The van der Waals surface area contributed by atoms with Crippen molar-refractivity contribution in [3.63, 3.8) is 0 Å². The van der Waals surface area contributed by atoms with Crippen LogP contribution in [0.1, 0.15) is 41.2 Å². The van der Waals surface area contributed by atoms with Crippen molar-refractivity contribution in [3.8, 4) is 0 Å². The van der Waals surface area contributed by atoms with Gasteiger partial charge in [0.15, 0.2) is 5.69 Å². The highest BCUT2D eigenvalue weighted by Crippen LogP contribution is 2.37. The maximum absolute atomic E-state index is 13.0. The summed E-state index contributed by atoms with van der Waals surface area (Å²) in [6.07, 6.45) is 0.565. The van der Waals surface area contributed by atoms with Crippen molar-refractivity contribution >= 4 is 27.5 Å². The van der Waals surface area contributed by atoms with Crippen molar-refractivity contribution in [2.45, 2.75) is 32.0 Å². The summed E-state index contributed by atoms with van der Waals surface area (Å²) >= 11 is 1.00. The number of amides is 1.